The highest BCUT2D eigenvalue weighted by Crippen LogP contribution is 2.14. The normalized spacial score (nSPS) is 12.3. The predicted octanol–water partition coefficient (Wildman–Crippen LogP) is 10.2. The first-order valence-corrected chi connectivity index (χ1v) is 21.1. The first-order chi connectivity index (χ1) is 22.4. The van der Waals surface area contributed by atoms with Gasteiger partial charge < -0.3 is 14.0 Å². The number of hydrogen-bond acceptors (Lipinski definition) is 6. The summed E-state index contributed by atoms with van der Waals surface area (Å²) in [4.78, 5) is 23.5. The molecule has 1 unspecified atom stereocenters. The third-order valence-corrected chi connectivity index (χ3v) is 9.79. The van der Waals surface area contributed by atoms with Crippen LogP contribution in [0.25, 0.3) is 0 Å². The molecule has 0 rings (SSSR count). The highest BCUT2D eigenvalue weighted by Gasteiger charge is 2.35. The van der Waals surface area contributed by atoms with Crippen LogP contribution in [-0.2, 0) is 29.2 Å². The minimum absolute atomic E-state index is 0.0664. The summed E-state index contributed by atoms with van der Waals surface area (Å²) in [5.41, 5.74) is 0. The maximum Gasteiger partial charge on any atom is 0.327 e. The maximum atomic E-state index is 11.8. The molecule has 0 saturated heterocycles. The summed E-state index contributed by atoms with van der Waals surface area (Å²) in [7, 11) is 0.145. The lowest BCUT2D eigenvalue weighted by Crippen LogP contribution is -2.41. The van der Waals surface area contributed by atoms with Gasteiger partial charge in [-0.05, 0) is 38.5 Å². The number of rotatable bonds is 32. The van der Waals surface area contributed by atoms with Gasteiger partial charge in [-0.15, -0.1) is 0 Å². The van der Waals surface area contributed by atoms with Crippen LogP contribution >= 0.6 is 0 Å². The second kappa shape index (κ2) is 33.3. The average Bonchev–Trinajstić information content (AvgIpc) is 3.02. The Bertz CT molecular complexity index is 795. The Morgan fingerprint density at radius 1 is 0.532 bits per heavy atom. The van der Waals surface area contributed by atoms with Crippen molar-refractivity contribution in [2.45, 2.75) is 193 Å². The largest absolute Gasteiger partial charge is 0.466 e. The van der Waals surface area contributed by atoms with Crippen molar-refractivity contribution in [1.82, 2.24) is 0 Å². The van der Waals surface area contributed by atoms with Crippen LogP contribution in [0, 0.1) is 0 Å². The zero-order chi connectivity index (χ0) is 35.7. The highest BCUT2D eigenvalue weighted by molar-refractivity contribution is 7.87. The van der Waals surface area contributed by atoms with Crippen LogP contribution in [0.4, 0.5) is 0 Å². The maximum absolute atomic E-state index is 11.8. The third-order valence-electron chi connectivity index (χ3n) is 8.71. The molecule has 1 atom stereocenters. The van der Waals surface area contributed by atoms with Crippen molar-refractivity contribution in [2.24, 2.45) is 0 Å². The lowest BCUT2D eigenvalue weighted by atomic mass is 10.1. The van der Waals surface area contributed by atoms with Gasteiger partial charge in [0.1, 0.15) is 0 Å². The van der Waals surface area contributed by atoms with E-state index in [0.717, 1.165) is 38.5 Å². The van der Waals surface area contributed by atoms with Crippen LogP contribution in [0.15, 0.2) is 0 Å². The molecule has 0 saturated carbocycles. The summed E-state index contributed by atoms with van der Waals surface area (Å²) < 4.78 is 42.7. The molecule has 0 aliphatic carbocycles. The summed E-state index contributed by atoms with van der Waals surface area (Å²) >= 11 is 0. The topological polar surface area (TPSA) is 107 Å². The van der Waals surface area contributed by atoms with Gasteiger partial charge in [-0.1, -0.05) is 143 Å². The monoisotopic (exact) mass is 693 g/mol. The molecule has 0 aliphatic rings. The molecule has 0 aromatic heterocycles. The molecule has 0 heterocycles. The van der Waals surface area contributed by atoms with Crippen LogP contribution in [0.2, 0.25) is 0 Å². The van der Waals surface area contributed by atoms with E-state index in [1.165, 1.54) is 120 Å². The summed E-state index contributed by atoms with van der Waals surface area (Å²) in [5, 5.41) is -1.92. The Kier molecular flexibility index (Phi) is 34.0. The van der Waals surface area contributed by atoms with Crippen molar-refractivity contribution in [3.63, 3.8) is 0 Å². The number of hydrogen-bond donors (Lipinski definition) is 1. The number of ether oxygens (including phenoxy) is 2. The van der Waals surface area contributed by atoms with Gasteiger partial charge in [0.25, 0.3) is 10.1 Å². The smallest absolute Gasteiger partial charge is 0.327 e. The summed E-state index contributed by atoms with van der Waals surface area (Å²) in [6.45, 7) is 11.7. The fourth-order valence-corrected chi connectivity index (χ4v) is 6.15. The van der Waals surface area contributed by atoms with E-state index in [0.29, 0.717) is 12.8 Å². The Balaban J connectivity index is 0. The Labute approximate surface area is 291 Å². The Hall–Kier alpha value is -1.19. The molecular weight excluding hydrogens is 614 g/mol. The highest BCUT2D eigenvalue weighted by atomic mass is 32.2. The Morgan fingerprint density at radius 2 is 0.851 bits per heavy atom. The number of quaternary nitrogens is 1. The van der Waals surface area contributed by atoms with Crippen LogP contribution in [0.3, 0.4) is 0 Å². The van der Waals surface area contributed by atoms with E-state index in [1.807, 2.05) is 6.92 Å². The van der Waals surface area contributed by atoms with Crippen LogP contribution < -0.4 is 0 Å². The van der Waals surface area contributed by atoms with Gasteiger partial charge in [-0.3, -0.25) is 14.1 Å². The predicted molar refractivity (Wildman–Crippen MR) is 197 cm³/mol. The van der Waals surface area contributed by atoms with Crippen LogP contribution in [0.5, 0.6) is 0 Å². The van der Waals surface area contributed by atoms with Crippen molar-refractivity contribution < 1.29 is 36.5 Å². The van der Waals surface area contributed by atoms with E-state index < -0.39 is 33.7 Å². The molecule has 0 bridgehead atoms. The summed E-state index contributed by atoms with van der Waals surface area (Å²) in [6, 6.07) is 0. The molecule has 1 N–H and O–H groups in total. The van der Waals surface area contributed by atoms with Gasteiger partial charge in [-0.2, -0.15) is 8.42 Å². The van der Waals surface area contributed by atoms with E-state index in [1.54, 1.807) is 0 Å². The fourth-order valence-electron chi connectivity index (χ4n) is 5.49. The van der Waals surface area contributed by atoms with E-state index in [9.17, 15) is 18.0 Å². The van der Waals surface area contributed by atoms with Crippen molar-refractivity contribution in [1.29, 1.82) is 0 Å². The zero-order valence-electron chi connectivity index (χ0n) is 31.8. The van der Waals surface area contributed by atoms with Gasteiger partial charge in [0, 0.05) is 0 Å². The molecule has 0 fully saturated rings. The molecule has 0 aromatic rings. The lowest BCUT2D eigenvalue weighted by molar-refractivity contribution is -0.890. The van der Waals surface area contributed by atoms with Gasteiger partial charge in [0.2, 0.25) is 0 Å². The average molecular weight is 693 g/mol. The minimum atomic E-state index is -4.72. The van der Waals surface area contributed by atoms with E-state index in [2.05, 4.69) is 34.9 Å². The number of nitrogens with zero attached hydrogens (tertiary/aromatic N) is 1. The van der Waals surface area contributed by atoms with Crippen LogP contribution in [0.1, 0.15) is 188 Å². The van der Waals surface area contributed by atoms with Crippen molar-refractivity contribution in [2.75, 3.05) is 40.4 Å². The van der Waals surface area contributed by atoms with E-state index >= 15 is 0 Å². The lowest BCUT2D eigenvalue weighted by Gasteiger charge is -2.30. The standard InChI is InChI=1S/C22H48N.C16H30O7S/c1-5-7-9-11-13-15-17-19-21-23(3,4)22-20-18-16-14-12-10-8-6-2;1-3-5-7-9-11-22-15(17)13-14(24(19,20)21)16(18)23-12-10-8-6-4-2/h5-22H2,1-4H3;14H,3-13H2,1-2H3,(H,19,20,21)/q+1;. The number of carbonyl (C=O) groups is 2. The van der Waals surface area contributed by atoms with Gasteiger partial charge in [0.15, 0.2) is 5.25 Å². The van der Waals surface area contributed by atoms with Crippen molar-refractivity contribution in [3.8, 4) is 0 Å². The quantitative estimate of drug-likeness (QED) is 0.0324. The fraction of sp³-hybridized carbons (Fsp3) is 0.947. The number of carbonyl (C=O) groups excluding carboxylic acids is 2. The molecular formula is C38H78NO7S+. The van der Waals surface area contributed by atoms with E-state index in [4.69, 9.17) is 14.0 Å². The molecule has 47 heavy (non-hydrogen) atoms. The number of esters is 2. The van der Waals surface area contributed by atoms with Crippen molar-refractivity contribution >= 4 is 22.1 Å². The van der Waals surface area contributed by atoms with Crippen molar-refractivity contribution in [3.05, 3.63) is 0 Å². The molecule has 0 aromatic carbocycles. The molecule has 0 radical (unpaired) electrons. The SMILES string of the molecule is CCCCCCCCCC[N+](C)(C)CCCCCCCCCC.CCCCCCOC(=O)CC(C(=O)OCCCCCC)S(=O)(=O)O. The van der Waals surface area contributed by atoms with E-state index in [-0.39, 0.29) is 13.2 Å². The molecule has 0 aliphatic heterocycles. The minimum Gasteiger partial charge on any atom is -0.466 e. The summed E-state index contributed by atoms with van der Waals surface area (Å²) in [6.07, 6.45) is 29.4. The number of unbranched alkanes of at least 4 members (excludes halogenated alkanes) is 20. The summed E-state index contributed by atoms with van der Waals surface area (Å²) in [5.74, 6) is -1.95. The van der Waals surface area contributed by atoms with Gasteiger partial charge in [0.05, 0.1) is 46.8 Å². The van der Waals surface area contributed by atoms with Gasteiger partial charge in [-0.25, -0.2) is 0 Å². The first-order valence-electron chi connectivity index (χ1n) is 19.6. The molecule has 8 nitrogen and oxygen atoms in total. The molecule has 0 spiro atoms. The van der Waals surface area contributed by atoms with Crippen LogP contribution in [-0.4, -0.2) is 75.0 Å². The first kappa shape index (κ1) is 47.9. The molecule has 9 heteroatoms. The third kappa shape index (κ3) is 34.5. The molecule has 0 amide bonds. The second-order valence-electron chi connectivity index (χ2n) is 14.0. The molecule has 282 valence electrons. The van der Waals surface area contributed by atoms with Gasteiger partial charge >= 0.3 is 11.9 Å². The Morgan fingerprint density at radius 3 is 1.21 bits per heavy atom. The second-order valence-corrected chi connectivity index (χ2v) is 15.6. The zero-order valence-corrected chi connectivity index (χ0v) is 32.7.